The van der Waals surface area contributed by atoms with Crippen LogP contribution in [0, 0.1) is 18.8 Å². The molecule has 1 heterocycles. The molecule has 0 atom stereocenters. The van der Waals surface area contributed by atoms with Gasteiger partial charge in [0.15, 0.2) is 0 Å². The van der Waals surface area contributed by atoms with Crippen molar-refractivity contribution in [1.29, 1.82) is 0 Å². The summed E-state index contributed by atoms with van der Waals surface area (Å²) in [4.78, 5) is 4.60. The summed E-state index contributed by atoms with van der Waals surface area (Å²) >= 11 is 0. The van der Waals surface area contributed by atoms with E-state index in [2.05, 4.69) is 41.8 Å². The monoisotopic (exact) mass is 249 g/mol. The smallest absolute Gasteiger partial charge is 0.203 e. The van der Waals surface area contributed by atoms with Crippen LogP contribution < -0.4 is 5.32 Å². The highest BCUT2D eigenvalue weighted by Crippen LogP contribution is 2.24. The fourth-order valence-electron chi connectivity index (χ4n) is 2.85. The molecule has 0 saturated heterocycles. The van der Waals surface area contributed by atoms with Gasteiger partial charge in [0.25, 0.3) is 0 Å². The molecule has 0 radical (unpaired) electrons. The molecule has 1 aromatic rings. The molecule has 1 aromatic heterocycles. The van der Waals surface area contributed by atoms with Crippen LogP contribution in [0.3, 0.4) is 0 Å². The fourth-order valence-corrected chi connectivity index (χ4v) is 2.85. The van der Waals surface area contributed by atoms with Crippen LogP contribution in [0.15, 0.2) is 6.20 Å². The van der Waals surface area contributed by atoms with Crippen molar-refractivity contribution >= 4 is 5.95 Å². The van der Waals surface area contributed by atoms with E-state index >= 15 is 0 Å². The van der Waals surface area contributed by atoms with Gasteiger partial charge in [-0.2, -0.15) is 0 Å². The molecule has 1 aliphatic carbocycles. The van der Waals surface area contributed by atoms with Crippen molar-refractivity contribution in [2.24, 2.45) is 11.8 Å². The Hall–Kier alpha value is -0.990. The van der Waals surface area contributed by atoms with Crippen molar-refractivity contribution in [2.45, 2.75) is 59.4 Å². The van der Waals surface area contributed by atoms with E-state index in [1.54, 1.807) is 0 Å². The number of aromatic nitrogens is 2. The van der Waals surface area contributed by atoms with Crippen LogP contribution in [0.4, 0.5) is 5.95 Å². The van der Waals surface area contributed by atoms with Crippen molar-refractivity contribution in [3.63, 3.8) is 0 Å². The van der Waals surface area contributed by atoms with E-state index < -0.39 is 0 Å². The van der Waals surface area contributed by atoms with E-state index in [4.69, 9.17) is 0 Å². The van der Waals surface area contributed by atoms with Crippen LogP contribution in [0.25, 0.3) is 0 Å². The van der Waals surface area contributed by atoms with E-state index in [1.807, 2.05) is 0 Å². The Morgan fingerprint density at radius 3 is 2.72 bits per heavy atom. The second-order valence-corrected chi connectivity index (χ2v) is 6.14. The normalized spacial score (nSPS) is 17.3. The minimum atomic E-state index is 0.661. The number of anilines is 1. The van der Waals surface area contributed by atoms with Gasteiger partial charge in [-0.05, 0) is 31.6 Å². The summed E-state index contributed by atoms with van der Waals surface area (Å²) < 4.78 is 2.27. The fraction of sp³-hybridized carbons (Fsp3) is 0.800. The van der Waals surface area contributed by atoms with Crippen LogP contribution in [0.5, 0.6) is 0 Å². The predicted molar refractivity (Wildman–Crippen MR) is 76.9 cm³/mol. The first-order valence-electron chi connectivity index (χ1n) is 7.43. The van der Waals surface area contributed by atoms with Gasteiger partial charge in [0.1, 0.15) is 0 Å². The molecule has 0 amide bonds. The molecule has 2 rings (SSSR count). The summed E-state index contributed by atoms with van der Waals surface area (Å²) in [6.07, 6.45) is 9.17. The lowest BCUT2D eigenvalue weighted by Crippen LogP contribution is -2.19. The van der Waals surface area contributed by atoms with E-state index in [0.29, 0.717) is 5.92 Å². The van der Waals surface area contributed by atoms with Crippen LogP contribution in [0.1, 0.15) is 51.6 Å². The maximum atomic E-state index is 4.60. The first-order valence-corrected chi connectivity index (χ1v) is 7.43. The van der Waals surface area contributed by atoms with Crippen LogP contribution in [-0.2, 0) is 6.54 Å². The first kappa shape index (κ1) is 13.4. The van der Waals surface area contributed by atoms with E-state index in [0.717, 1.165) is 30.6 Å². The highest BCUT2D eigenvalue weighted by Gasteiger charge is 2.14. The van der Waals surface area contributed by atoms with E-state index in [1.165, 1.54) is 32.1 Å². The van der Waals surface area contributed by atoms with E-state index in [-0.39, 0.29) is 0 Å². The summed E-state index contributed by atoms with van der Waals surface area (Å²) in [7, 11) is 0. The number of rotatable bonds is 5. The van der Waals surface area contributed by atoms with Gasteiger partial charge in [0.2, 0.25) is 5.95 Å². The van der Waals surface area contributed by atoms with Crippen molar-refractivity contribution in [2.75, 3.05) is 11.9 Å². The first-order chi connectivity index (χ1) is 8.65. The quantitative estimate of drug-likeness (QED) is 0.859. The van der Waals surface area contributed by atoms with Gasteiger partial charge >= 0.3 is 0 Å². The van der Waals surface area contributed by atoms with Crippen molar-refractivity contribution < 1.29 is 0 Å². The Morgan fingerprint density at radius 1 is 1.33 bits per heavy atom. The molecule has 0 aliphatic heterocycles. The molecule has 1 saturated carbocycles. The summed E-state index contributed by atoms with van der Waals surface area (Å²) in [5, 5.41) is 3.56. The minimum Gasteiger partial charge on any atom is -0.355 e. The Morgan fingerprint density at radius 2 is 2.06 bits per heavy atom. The molecular formula is C15H27N3. The van der Waals surface area contributed by atoms with Gasteiger partial charge < -0.3 is 9.88 Å². The number of nitrogens with zero attached hydrogens (tertiary/aromatic N) is 2. The largest absolute Gasteiger partial charge is 0.355 e. The molecule has 0 aromatic carbocycles. The lowest BCUT2D eigenvalue weighted by Gasteiger charge is -2.22. The number of aryl methyl sites for hydroxylation is 1. The maximum Gasteiger partial charge on any atom is 0.203 e. The minimum absolute atomic E-state index is 0.661. The van der Waals surface area contributed by atoms with Crippen molar-refractivity contribution in [3.05, 3.63) is 11.9 Å². The number of hydrogen-bond donors (Lipinski definition) is 1. The highest BCUT2D eigenvalue weighted by atomic mass is 15.2. The summed E-state index contributed by atoms with van der Waals surface area (Å²) in [5.74, 6) is 2.57. The predicted octanol–water partition coefficient (Wildman–Crippen LogP) is 3.84. The SMILES string of the molecule is Cc1cn(CC(C)C)c(NCC2CCCCC2)n1. The van der Waals surface area contributed by atoms with Gasteiger partial charge in [0.05, 0.1) is 5.69 Å². The Bertz CT molecular complexity index is 362. The van der Waals surface area contributed by atoms with Crippen molar-refractivity contribution in [1.82, 2.24) is 9.55 Å². The molecule has 18 heavy (non-hydrogen) atoms. The lowest BCUT2D eigenvalue weighted by molar-refractivity contribution is 0.372. The molecule has 1 aliphatic rings. The molecular weight excluding hydrogens is 222 g/mol. The molecule has 1 N–H and O–H groups in total. The zero-order chi connectivity index (χ0) is 13.0. The molecule has 3 nitrogen and oxygen atoms in total. The molecule has 0 spiro atoms. The lowest BCUT2D eigenvalue weighted by atomic mass is 9.89. The Kier molecular flexibility index (Phi) is 4.67. The summed E-state index contributed by atoms with van der Waals surface area (Å²) in [6, 6.07) is 0. The van der Waals surface area contributed by atoms with E-state index in [9.17, 15) is 0 Å². The zero-order valence-electron chi connectivity index (χ0n) is 12.1. The number of hydrogen-bond acceptors (Lipinski definition) is 2. The zero-order valence-corrected chi connectivity index (χ0v) is 12.1. The summed E-state index contributed by atoms with van der Waals surface area (Å²) in [5.41, 5.74) is 1.11. The van der Waals surface area contributed by atoms with Gasteiger partial charge in [-0.25, -0.2) is 4.98 Å². The maximum absolute atomic E-state index is 4.60. The van der Waals surface area contributed by atoms with Crippen LogP contribution in [-0.4, -0.2) is 16.1 Å². The average molecular weight is 249 g/mol. The third-order valence-corrected chi connectivity index (χ3v) is 3.73. The molecule has 102 valence electrons. The topological polar surface area (TPSA) is 29.9 Å². The molecule has 0 bridgehead atoms. The molecule has 1 fully saturated rings. The highest BCUT2D eigenvalue weighted by molar-refractivity contribution is 5.28. The average Bonchev–Trinajstić information content (AvgIpc) is 2.67. The number of nitrogens with one attached hydrogen (secondary N) is 1. The Balaban J connectivity index is 1.91. The second kappa shape index (κ2) is 6.26. The number of imidazole rings is 1. The standard InChI is InChI=1S/C15H27N3/c1-12(2)10-18-11-13(3)17-15(18)16-9-14-7-5-4-6-8-14/h11-12,14H,4-10H2,1-3H3,(H,16,17). The summed E-state index contributed by atoms with van der Waals surface area (Å²) in [6.45, 7) is 8.71. The molecule has 0 unspecified atom stereocenters. The third-order valence-electron chi connectivity index (χ3n) is 3.73. The van der Waals surface area contributed by atoms with Gasteiger partial charge in [-0.1, -0.05) is 33.1 Å². The molecule has 3 heteroatoms. The Labute approximate surface area is 111 Å². The van der Waals surface area contributed by atoms with Crippen LogP contribution >= 0.6 is 0 Å². The van der Waals surface area contributed by atoms with Crippen molar-refractivity contribution in [3.8, 4) is 0 Å². The second-order valence-electron chi connectivity index (χ2n) is 6.14. The third kappa shape index (κ3) is 3.76. The van der Waals surface area contributed by atoms with Gasteiger partial charge in [-0.15, -0.1) is 0 Å². The van der Waals surface area contributed by atoms with Gasteiger partial charge in [-0.3, -0.25) is 0 Å². The van der Waals surface area contributed by atoms with Gasteiger partial charge in [0, 0.05) is 19.3 Å². The van der Waals surface area contributed by atoms with Crippen LogP contribution in [0.2, 0.25) is 0 Å².